The Labute approximate surface area is 126 Å². The number of primary amides is 1. The molecular formula is C15H16BrN3O. The topological polar surface area (TPSA) is 68.0 Å². The lowest BCUT2D eigenvalue weighted by Gasteiger charge is -2.09. The lowest BCUT2D eigenvalue weighted by atomic mass is 10.1. The molecule has 104 valence electrons. The molecule has 3 N–H and O–H groups in total. The Hall–Kier alpha value is -1.88. The first-order valence-corrected chi connectivity index (χ1v) is 7.10. The SMILES string of the molecule is Cc1cc(Br)cnc1NCCc1cccc(C(N)=O)c1. The third-order valence-corrected chi connectivity index (χ3v) is 3.40. The van der Waals surface area contributed by atoms with E-state index in [1.54, 1.807) is 12.3 Å². The summed E-state index contributed by atoms with van der Waals surface area (Å²) in [5.41, 5.74) is 7.97. The number of anilines is 1. The monoisotopic (exact) mass is 333 g/mol. The van der Waals surface area contributed by atoms with Crippen molar-refractivity contribution in [3.63, 3.8) is 0 Å². The Morgan fingerprint density at radius 3 is 2.90 bits per heavy atom. The highest BCUT2D eigenvalue weighted by Crippen LogP contribution is 2.16. The predicted molar refractivity (Wildman–Crippen MR) is 83.8 cm³/mol. The first kappa shape index (κ1) is 14.5. The van der Waals surface area contributed by atoms with E-state index in [9.17, 15) is 4.79 Å². The van der Waals surface area contributed by atoms with E-state index in [1.165, 1.54) is 0 Å². The Morgan fingerprint density at radius 2 is 2.20 bits per heavy atom. The first-order valence-electron chi connectivity index (χ1n) is 6.31. The number of hydrogen-bond donors (Lipinski definition) is 2. The van der Waals surface area contributed by atoms with Gasteiger partial charge in [0.1, 0.15) is 5.82 Å². The van der Waals surface area contributed by atoms with Crippen LogP contribution >= 0.6 is 15.9 Å². The number of amides is 1. The first-order chi connectivity index (χ1) is 9.56. The van der Waals surface area contributed by atoms with Gasteiger partial charge < -0.3 is 11.1 Å². The highest BCUT2D eigenvalue weighted by molar-refractivity contribution is 9.10. The number of pyridine rings is 1. The van der Waals surface area contributed by atoms with Crippen LogP contribution in [0.1, 0.15) is 21.5 Å². The molecule has 2 aromatic rings. The lowest BCUT2D eigenvalue weighted by Crippen LogP contribution is -2.12. The fourth-order valence-electron chi connectivity index (χ4n) is 1.93. The quantitative estimate of drug-likeness (QED) is 0.883. The summed E-state index contributed by atoms with van der Waals surface area (Å²) >= 11 is 3.39. The van der Waals surface area contributed by atoms with Gasteiger partial charge in [-0.2, -0.15) is 0 Å². The number of benzene rings is 1. The van der Waals surface area contributed by atoms with Gasteiger partial charge in [0.05, 0.1) is 0 Å². The summed E-state index contributed by atoms with van der Waals surface area (Å²) in [5, 5.41) is 3.29. The minimum atomic E-state index is -0.398. The second-order valence-electron chi connectivity index (χ2n) is 4.56. The zero-order chi connectivity index (χ0) is 14.5. The van der Waals surface area contributed by atoms with Crippen molar-refractivity contribution in [2.45, 2.75) is 13.3 Å². The van der Waals surface area contributed by atoms with E-state index in [4.69, 9.17) is 5.73 Å². The van der Waals surface area contributed by atoms with Gasteiger partial charge in [0.2, 0.25) is 5.91 Å². The van der Waals surface area contributed by atoms with E-state index in [1.807, 2.05) is 31.2 Å². The van der Waals surface area contributed by atoms with Gasteiger partial charge in [-0.15, -0.1) is 0 Å². The molecule has 0 aliphatic carbocycles. The largest absolute Gasteiger partial charge is 0.370 e. The number of hydrogen-bond acceptors (Lipinski definition) is 3. The number of aromatic nitrogens is 1. The molecule has 0 saturated heterocycles. The molecule has 0 aliphatic rings. The van der Waals surface area contributed by atoms with Crippen molar-refractivity contribution in [1.29, 1.82) is 0 Å². The van der Waals surface area contributed by atoms with E-state index in [-0.39, 0.29) is 0 Å². The summed E-state index contributed by atoms with van der Waals surface area (Å²) in [6.07, 6.45) is 2.57. The Kier molecular flexibility index (Phi) is 4.74. The maximum Gasteiger partial charge on any atom is 0.248 e. The number of aryl methyl sites for hydroxylation is 1. The van der Waals surface area contributed by atoms with Crippen molar-refractivity contribution in [2.75, 3.05) is 11.9 Å². The van der Waals surface area contributed by atoms with Crippen LogP contribution in [0.5, 0.6) is 0 Å². The summed E-state index contributed by atoms with van der Waals surface area (Å²) < 4.78 is 0.967. The van der Waals surface area contributed by atoms with Gasteiger partial charge in [-0.05, 0) is 58.6 Å². The number of carbonyl (C=O) groups is 1. The molecule has 0 radical (unpaired) electrons. The molecule has 4 nitrogen and oxygen atoms in total. The van der Waals surface area contributed by atoms with E-state index < -0.39 is 5.91 Å². The van der Waals surface area contributed by atoms with E-state index in [0.29, 0.717) is 5.56 Å². The summed E-state index contributed by atoms with van der Waals surface area (Å²) in [7, 11) is 0. The zero-order valence-electron chi connectivity index (χ0n) is 11.2. The number of nitrogens with two attached hydrogens (primary N) is 1. The molecular weight excluding hydrogens is 318 g/mol. The van der Waals surface area contributed by atoms with Crippen LogP contribution in [0.4, 0.5) is 5.82 Å². The van der Waals surface area contributed by atoms with Crippen LogP contribution in [0, 0.1) is 6.92 Å². The Bertz CT molecular complexity index is 628. The number of carbonyl (C=O) groups excluding carboxylic acids is 1. The summed E-state index contributed by atoms with van der Waals surface area (Å²) in [6, 6.07) is 9.39. The van der Waals surface area contributed by atoms with Gasteiger partial charge in [0, 0.05) is 22.8 Å². The highest BCUT2D eigenvalue weighted by atomic mass is 79.9. The molecule has 2 rings (SSSR count). The molecule has 1 aromatic heterocycles. The molecule has 0 unspecified atom stereocenters. The minimum Gasteiger partial charge on any atom is -0.370 e. The van der Waals surface area contributed by atoms with Crippen LogP contribution in [0.2, 0.25) is 0 Å². The molecule has 5 heteroatoms. The average molecular weight is 334 g/mol. The molecule has 1 aromatic carbocycles. The molecule has 0 aliphatic heterocycles. The Balaban J connectivity index is 1.96. The molecule has 0 saturated carbocycles. The average Bonchev–Trinajstić information content (AvgIpc) is 2.41. The van der Waals surface area contributed by atoms with Crippen LogP contribution in [0.25, 0.3) is 0 Å². The minimum absolute atomic E-state index is 0.398. The summed E-state index contributed by atoms with van der Waals surface area (Å²) in [6.45, 7) is 2.76. The van der Waals surface area contributed by atoms with Crippen molar-refractivity contribution in [1.82, 2.24) is 4.98 Å². The van der Waals surface area contributed by atoms with Crippen molar-refractivity contribution < 1.29 is 4.79 Å². The highest BCUT2D eigenvalue weighted by Gasteiger charge is 2.03. The van der Waals surface area contributed by atoms with E-state index in [0.717, 1.165) is 34.4 Å². The van der Waals surface area contributed by atoms with Crippen LogP contribution in [0.15, 0.2) is 41.0 Å². The molecule has 0 fully saturated rings. The maximum absolute atomic E-state index is 11.1. The van der Waals surface area contributed by atoms with Gasteiger partial charge in [-0.25, -0.2) is 4.98 Å². The molecule has 1 amide bonds. The number of rotatable bonds is 5. The maximum atomic E-state index is 11.1. The fourth-order valence-corrected chi connectivity index (χ4v) is 2.38. The number of halogens is 1. The van der Waals surface area contributed by atoms with Crippen molar-refractivity contribution in [2.24, 2.45) is 5.73 Å². The molecule has 1 heterocycles. The fraction of sp³-hybridized carbons (Fsp3) is 0.200. The van der Waals surface area contributed by atoms with Gasteiger partial charge >= 0.3 is 0 Å². The smallest absolute Gasteiger partial charge is 0.248 e. The molecule has 20 heavy (non-hydrogen) atoms. The van der Waals surface area contributed by atoms with Crippen LogP contribution < -0.4 is 11.1 Å². The van der Waals surface area contributed by atoms with Crippen molar-refractivity contribution in [3.8, 4) is 0 Å². The standard InChI is InChI=1S/C15H16BrN3O/c1-10-7-13(16)9-19-15(10)18-6-5-11-3-2-4-12(8-11)14(17)20/h2-4,7-9H,5-6H2,1H3,(H2,17,20)(H,18,19). The van der Waals surface area contributed by atoms with Gasteiger partial charge in [-0.3, -0.25) is 4.79 Å². The predicted octanol–water partition coefficient (Wildman–Crippen LogP) is 2.91. The van der Waals surface area contributed by atoms with Crippen LogP contribution in [-0.2, 0) is 6.42 Å². The van der Waals surface area contributed by atoms with Gasteiger partial charge in [-0.1, -0.05) is 12.1 Å². The van der Waals surface area contributed by atoms with Crippen LogP contribution in [0.3, 0.4) is 0 Å². The number of nitrogens with one attached hydrogen (secondary N) is 1. The summed E-state index contributed by atoms with van der Waals surface area (Å²) in [4.78, 5) is 15.4. The van der Waals surface area contributed by atoms with Crippen LogP contribution in [-0.4, -0.2) is 17.4 Å². The van der Waals surface area contributed by atoms with Crippen molar-refractivity contribution >= 4 is 27.7 Å². The third-order valence-electron chi connectivity index (χ3n) is 2.96. The second-order valence-corrected chi connectivity index (χ2v) is 5.48. The molecule has 0 spiro atoms. The van der Waals surface area contributed by atoms with Gasteiger partial charge in [0.25, 0.3) is 0 Å². The van der Waals surface area contributed by atoms with Crippen molar-refractivity contribution in [3.05, 3.63) is 57.7 Å². The third kappa shape index (κ3) is 3.81. The normalized spacial score (nSPS) is 10.3. The zero-order valence-corrected chi connectivity index (χ0v) is 12.8. The second kappa shape index (κ2) is 6.52. The lowest BCUT2D eigenvalue weighted by molar-refractivity contribution is 0.1000. The Morgan fingerprint density at radius 1 is 1.40 bits per heavy atom. The van der Waals surface area contributed by atoms with E-state index >= 15 is 0 Å². The number of nitrogens with zero attached hydrogens (tertiary/aromatic N) is 1. The van der Waals surface area contributed by atoms with Gasteiger partial charge in [0.15, 0.2) is 0 Å². The van der Waals surface area contributed by atoms with E-state index in [2.05, 4.69) is 26.2 Å². The summed E-state index contributed by atoms with van der Waals surface area (Å²) in [5.74, 6) is 0.476. The molecule has 0 atom stereocenters. The molecule has 0 bridgehead atoms.